The van der Waals surface area contributed by atoms with Gasteiger partial charge in [0.1, 0.15) is 5.75 Å². The Bertz CT molecular complexity index is 1110. The molecule has 0 radical (unpaired) electrons. The second kappa shape index (κ2) is 10.1. The van der Waals surface area contributed by atoms with Crippen LogP contribution in [0, 0.1) is 0 Å². The van der Waals surface area contributed by atoms with Crippen molar-refractivity contribution < 1.29 is 13.2 Å². The number of pyridine rings is 1. The first-order valence-corrected chi connectivity index (χ1v) is 11.2. The van der Waals surface area contributed by atoms with Crippen LogP contribution >= 0.6 is 0 Å². The molecule has 30 heavy (non-hydrogen) atoms. The number of ether oxygens (including phenoxy) is 1. The fourth-order valence-electron chi connectivity index (χ4n) is 2.70. The van der Waals surface area contributed by atoms with Gasteiger partial charge in [-0.3, -0.25) is 9.78 Å². The lowest BCUT2D eigenvalue weighted by atomic mass is 10.2. The van der Waals surface area contributed by atoms with Gasteiger partial charge in [0, 0.05) is 30.6 Å². The zero-order valence-corrected chi connectivity index (χ0v) is 17.5. The Kier molecular flexibility index (Phi) is 7.31. The Hall–Kier alpha value is -3.04. The van der Waals surface area contributed by atoms with E-state index < -0.39 is 10.0 Å². The maximum absolute atomic E-state index is 12.5. The van der Waals surface area contributed by atoms with Crippen molar-refractivity contribution in [1.82, 2.24) is 19.5 Å². The molecule has 1 aromatic carbocycles. The van der Waals surface area contributed by atoms with Gasteiger partial charge in [-0.15, -0.1) is 0 Å². The molecular formula is C21H24N4O4S. The monoisotopic (exact) mass is 428 g/mol. The minimum atomic E-state index is -3.70. The number of sulfonamides is 1. The van der Waals surface area contributed by atoms with Crippen molar-refractivity contribution in [2.75, 3.05) is 13.2 Å². The van der Waals surface area contributed by atoms with Gasteiger partial charge in [-0.2, -0.15) is 5.10 Å². The first-order valence-electron chi connectivity index (χ1n) is 9.71. The van der Waals surface area contributed by atoms with Crippen LogP contribution in [0.25, 0.3) is 11.3 Å². The summed E-state index contributed by atoms with van der Waals surface area (Å²) >= 11 is 0. The van der Waals surface area contributed by atoms with E-state index in [1.54, 1.807) is 42.7 Å². The fourth-order valence-corrected chi connectivity index (χ4v) is 3.73. The van der Waals surface area contributed by atoms with Gasteiger partial charge in [0.05, 0.1) is 23.7 Å². The zero-order chi connectivity index (χ0) is 21.4. The van der Waals surface area contributed by atoms with Crippen LogP contribution in [0.3, 0.4) is 0 Å². The molecule has 3 aromatic rings. The van der Waals surface area contributed by atoms with Gasteiger partial charge in [-0.25, -0.2) is 17.8 Å². The topological polar surface area (TPSA) is 103 Å². The van der Waals surface area contributed by atoms with Crippen molar-refractivity contribution in [2.45, 2.75) is 31.2 Å². The molecule has 9 heteroatoms. The third-order valence-corrected chi connectivity index (χ3v) is 5.84. The minimum Gasteiger partial charge on any atom is -0.494 e. The fraction of sp³-hybridized carbons (Fsp3) is 0.286. The van der Waals surface area contributed by atoms with E-state index in [0.29, 0.717) is 18.1 Å². The molecule has 3 rings (SSSR count). The predicted molar refractivity (Wildman–Crippen MR) is 114 cm³/mol. The average molecular weight is 429 g/mol. The lowest BCUT2D eigenvalue weighted by molar-refractivity contribution is 0.309. The van der Waals surface area contributed by atoms with E-state index in [-0.39, 0.29) is 23.5 Å². The van der Waals surface area contributed by atoms with Gasteiger partial charge >= 0.3 is 0 Å². The second-order valence-electron chi connectivity index (χ2n) is 6.59. The second-order valence-corrected chi connectivity index (χ2v) is 8.35. The normalized spacial score (nSPS) is 11.4. The van der Waals surface area contributed by atoms with Crippen LogP contribution in [-0.2, 0) is 16.6 Å². The van der Waals surface area contributed by atoms with Crippen LogP contribution < -0.4 is 15.0 Å². The highest BCUT2D eigenvalue weighted by atomic mass is 32.2. The highest BCUT2D eigenvalue weighted by Crippen LogP contribution is 2.16. The predicted octanol–water partition coefficient (Wildman–Crippen LogP) is 2.46. The van der Waals surface area contributed by atoms with Gasteiger partial charge in [0.25, 0.3) is 5.56 Å². The molecule has 0 aliphatic carbocycles. The Morgan fingerprint density at radius 2 is 1.77 bits per heavy atom. The summed E-state index contributed by atoms with van der Waals surface area (Å²) in [4.78, 5) is 16.2. The first-order chi connectivity index (χ1) is 14.5. The number of nitrogens with zero attached hydrogens (tertiary/aromatic N) is 3. The smallest absolute Gasteiger partial charge is 0.266 e. The molecule has 0 spiro atoms. The molecule has 1 N–H and O–H groups in total. The molecule has 0 bridgehead atoms. The van der Waals surface area contributed by atoms with Crippen molar-refractivity contribution in [3.8, 4) is 17.0 Å². The third kappa shape index (κ3) is 5.74. The summed E-state index contributed by atoms with van der Waals surface area (Å²) in [5.41, 5.74) is 1.12. The Balaban J connectivity index is 1.62. The first kappa shape index (κ1) is 21.7. The molecule has 0 atom stereocenters. The van der Waals surface area contributed by atoms with Crippen molar-refractivity contribution in [3.63, 3.8) is 0 Å². The number of hydrogen-bond acceptors (Lipinski definition) is 6. The van der Waals surface area contributed by atoms with Gasteiger partial charge in [-0.1, -0.05) is 13.3 Å². The molecule has 2 heterocycles. The van der Waals surface area contributed by atoms with E-state index in [1.807, 2.05) is 0 Å². The van der Waals surface area contributed by atoms with Crippen LogP contribution in [-0.4, -0.2) is 36.3 Å². The third-order valence-electron chi connectivity index (χ3n) is 4.36. The lowest BCUT2D eigenvalue weighted by Gasteiger charge is -2.10. The summed E-state index contributed by atoms with van der Waals surface area (Å²) in [6.45, 7) is 2.81. The van der Waals surface area contributed by atoms with Crippen molar-refractivity contribution in [3.05, 3.63) is 71.3 Å². The van der Waals surface area contributed by atoms with Crippen LogP contribution in [0.5, 0.6) is 5.75 Å². The Morgan fingerprint density at radius 1 is 1.03 bits per heavy atom. The van der Waals surface area contributed by atoms with E-state index in [2.05, 4.69) is 21.7 Å². The summed E-state index contributed by atoms with van der Waals surface area (Å²) in [6.07, 6.45) is 5.25. The SMILES string of the molecule is CCCCOc1ccc(S(=O)(=O)NCCn2nc(-c3ccncc3)ccc2=O)cc1. The largest absolute Gasteiger partial charge is 0.494 e. The Morgan fingerprint density at radius 3 is 2.47 bits per heavy atom. The molecule has 0 aliphatic rings. The van der Waals surface area contributed by atoms with Crippen LogP contribution in [0.2, 0.25) is 0 Å². The van der Waals surface area contributed by atoms with Crippen molar-refractivity contribution in [1.29, 1.82) is 0 Å². The summed E-state index contributed by atoms with van der Waals surface area (Å²) in [5.74, 6) is 0.631. The van der Waals surface area contributed by atoms with Crippen LogP contribution in [0.1, 0.15) is 19.8 Å². The van der Waals surface area contributed by atoms with E-state index in [4.69, 9.17) is 4.74 Å². The van der Waals surface area contributed by atoms with Gasteiger partial charge in [-0.05, 0) is 48.9 Å². The number of unbranched alkanes of at least 4 members (excludes halogenated alkanes) is 1. The zero-order valence-electron chi connectivity index (χ0n) is 16.7. The highest BCUT2D eigenvalue weighted by molar-refractivity contribution is 7.89. The molecule has 8 nitrogen and oxygen atoms in total. The van der Waals surface area contributed by atoms with Crippen LogP contribution in [0.4, 0.5) is 0 Å². The van der Waals surface area contributed by atoms with Crippen molar-refractivity contribution in [2.24, 2.45) is 0 Å². The number of aromatic nitrogens is 3. The minimum absolute atomic E-state index is 0.0315. The van der Waals surface area contributed by atoms with Crippen molar-refractivity contribution >= 4 is 10.0 Å². The Labute approximate surface area is 175 Å². The molecule has 0 fully saturated rings. The standard InChI is InChI=1S/C21H24N4O4S/c1-2-3-16-29-18-4-6-19(7-5-18)30(27,28)23-14-15-25-21(26)9-8-20(24-25)17-10-12-22-13-11-17/h4-13,23H,2-3,14-16H2,1H3. The maximum atomic E-state index is 12.5. The molecule has 2 aromatic heterocycles. The quantitative estimate of drug-likeness (QED) is 0.498. The van der Waals surface area contributed by atoms with Crippen LogP contribution in [0.15, 0.2) is 70.6 Å². The van der Waals surface area contributed by atoms with E-state index in [0.717, 1.165) is 18.4 Å². The van der Waals surface area contributed by atoms with Gasteiger partial charge < -0.3 is 4.74 Å². The molecule has 0 unspecified atom stereocenters. The molecule has 158 valence electrons. The number of rotatable bonds is 10. The lowest BCUT2D eigenvalue weighted by Crippen LogP contribution is -2.32. The average Bonchev–Trinajstić information content (AvgIpc) is 2.76. The van der Waals surface area contributed by atoms with E-state index in [9.17, 15) is 13.2 Å². The number of hydrogen-bond donors (Lipinski definition) is 1. The van der Waals surface area contributed by atoms with Gasteiger partial charge in [0.15, 0.2) is 0 Å². The highest BCUT2D eigenvalue weighted by Gasteiger charge is 2.14. The summed E-state index contributed by atoms with van der Waals surface area (Å²) < 4.78 is 34.3. The van der Waals surface area contributed by atoms with E-state index in [1.165, 1.54) is 22.9 Å². The molecule has 0 aliphatic heterocycles. The molecular weight excluding hydrogens is 404 g/mol. The number of benzene rings is 1. The summed E-state index contributed by atoms with van der Waals surface area (Å²) in [7, 11) is -3.70. The molecule has 0 saturated heterocycles. The molecule has 0 amide bonds. The van der Waals surface area contributed by atoms with E-state index >= 15 is 0 Å². The maximum Gasteiger partial charge on any atom is 0.266 e. The molecule has 0 saturated carbocycles. The van der Waals surface area contributed by atoms with Gasteiger partial charge in [0.2, 0.25) is 10.0 Å². The summed E-state index contributed by atoms with van der Waals surface area (Å²) in [6, 6.07) is 12.9. The number of nitrogens with one attached hydrogen (secondary N) is 1. The summed E-state index contributed by atoms with van der Waals surface area (Å²) in [5, 5.41) is 4.31.